The number of nitrogens with one attached hydrogen (secondary N) is 2. The molecule has 0 unspecified atom stereocenters. The van der Waals surface area contributed by atoms with Crippen molar-refractivity contribution in [2.24, 2.45) is 0 Å². The third kappa shape index (κ3) is 3.54. The molecule has 0 saturated heterocycles. The van der Waals surface area contributed by atoms with Gasteiger partial charge in [0.05, 0.1) is 6.54 Å². The van der Waals surface area contributed by atoms with E-state index in [1.54, 1.807) is 18.8 Å². The first kappa shape index (κ1) is 14.0. The van der Waals surface area contributed by atoms with Gasteiger partial charge in [0.2, 0.25) is 5.91 Å². The van der Waals surface area contributed by atoms with Crippen LogP contribution in [0.4, 0.5) is 0 Å². The summed E-state index contributed by atoms with van der Waals surface area (Å²) >= 11 is 1.66. The lowest BCUT2D eigenvalue weighted by atomic mass is 10.2. The number of carbonyl (C=O) groups is 1. The number of carbonyl (C=O) groups excluding carboxylic acids is 1. The van der Waals surface area contributed by atoms with E-state index in [-0.39, 0.29) is 5.91 Å². The Kier molecular flexibility index (Phi) is 4.93. The highest BCUT2D eigenvalue weighted by Gasteiger charge is 2.15. The van der Waals surface area contributed by atoms with E-state index < -0.39 is 0 Å². The predicted molar refractivity (Wildman–Crippen MR) is 75.0 cm³/mol. The summed E-state index contributed by atoms with van der Waals surface area (Å²) in [6.07, 6.45) is 2.02. The fourth-order valence-corrected chi connectivity index (χ4v) is 2.46. The minimum Gasteiger partial charge on any atom is -0.486 e. The molecule has 2 N–H and O–H groups in total. The fourth-order valence-electron chi connectivity index (χ4n) is 1.84. The van der Waals surface area contributed by atoms with Gasteiger partial charge in [-0.25, -0.2) is 0 Å². The summed E-state index contributed by atoms with van der Waals surface area (Å²) < 4.78 is 11.1. The zero-order valence-corrected chi connectivity index (χ0v) is 11.9. The largest absolute Gasteiger partial charge is 0.486 e. The number of hydrogen-bond acceptors (Lipinski definition) is 5. The third-order valence-electron chi connectivity index (χ3n) is 2.83. The Labute approximate surface area is 117 Å². The van der Waals surface area contributed by atoms with E-state index in [9.17, 15) is 4.79 Å². The maximum absolute atomic E-state index is 11.2. The van der Waals surface area contributed by atoms with Crippen LogP contribution < -0.4 is 20.1 Å². The zero-order valence-electron chi connectivity index (χ0n) is 11.1. The number of fused-ring (bicyclic) bond motifs is 1. The van der Waals surface area contributed by atoms with Gasteiger partial charge < -0.3 is 20.1 Å². The molecule has 6 heteroatoms. The first-order valence-electron chi connectivity index (χ1n) is 6.12. The molecular formula is C13H18N2O3S. The highest BCUT2D eigenvalue weighted by molar-refractivity contribution is 7.98. The molecule has 0 bridgehead atoms. The van der Waals surface area contributed by atoms with Crippen LogP contribution >= 0.6 is 11.8 Å². The van der Waals surface area contributed by atoms with Crippen molar-refractivity contribution in [3.05, 3.63) is 17.7 Å². The molecular weight excluding hydrogens is 264 g/mol. The average molecular weight is 282 g/mol. The van der Waals surface area contributed by atoms with E-state index in [0.717, 1.165) is 22.0 Å². The summed E-state index contributed by atoms with van der Waals surface area (Å²) in [6, 6.07) is 3.98. The van der Waals surface area contributed by atoms with Gasteiger partial charge in [-0.2, -0.15) is 0 Å². The van der Waals surface area contributed by atoms with Gasteiger partial charge in [-0.05, 0) is 24.0 Å². The number of likely N-dealkylation sites (N-methyl/N-ethyl adjacent to an activating group) is 1. The molecule has 104 valence electrons. The van der Waals surface area contributed by atoms with Gasteiger partial charge in [0.25, 0.3) is 0 Å². The molecule has 1 heterocycles. The Bertz CT molecular complexity index is 465. The lowest BCUT2D eigenvalue weighted by Crippen LogP contribution is -2.31. The summed E-state index contributed by atoms with van der Waals surface area (Å²) in [7, 11) is 1.63. The molecule has 19 heavy (non-hydrogen) atoms. The molecule has 1 aromatic carbocycles. The normalized spacial score (nSPS) is 13.2. The van der Waals surface area contributed by atoms with Gasteiger partial charge >= 0.3 is 0 Å². The fraction of sp³-hybridized carbons (Fsp3) is 0.462. The van der Waals surface area contributed by atoms with Crippen molar-refractivity contribution in [2.45, 2.75) is 11.4 Å². The second kappa shape index (κ2) is 6.68. The molecule has 0 saturated carbocycles. The SMILES string of the molecule is CNC(=O)CNCc1cc2c(cc1SC)OCCO2. The first-order chi connectivity index (χ1) is 9.24. The van der Waals surface area contributed by atoms with Gasteiger partial charge in [-0.1, -0.05) is 0 Å². The zero-order chi connectivity index (χ0) is 13.7. The highest BCUT2D eigenvalue weighted by atomic mass is 32.2. The molecule has 0 radical (unpaired) electrons. The van der Waals surface area contributed by atoms with E-state index >= 15 is 0 Å². The summed E-state index contributed by atoms with van der Waals surface area (Å²) in [5, 5.41) is 5.69. The standard InChI is InChI=1S/C13H18N2O3S/c1-14-13(16)8-15-7-9-5-10-11(6-12(9)19-2)18-4-3-17-10/h5-6,15H,3-4,7-8H2,1-2H3,(H,14,16). The minimum absolute atomic E-state index is 0.0248. The van der Waals surface area contributed by atoms with Gasteiger partial charge in [0.1, 0.15) is 13.2 Å². The number of amides is 1. The van der Waals surface area contributed by atoms with Crippen LogP contribution in [0.1, 0.15) is 5.56 Å². The van der Waals surface area contributed by atoms with E-state index in [2.05, 4.69) is 10.6 Å². The Morgan fingerprint density at radius 1 is 1.32 bits per heavy atom. The summed E-state index contributed by atoms with van der Waals surface area (Å²) in [5.74, 6) is 1.55. The van der Waals surface area contributed by atoms with E-state index in [1.165, 1.54) is 0 Å². The molecule has 1 aromatic rings. The number of rotatable bonds is 5. The smallest absolute Gasteiger partial charge is 0.233 e. The van der Waals surface area contributed by atoms with Crippen LogP contribution in [0.3, 0.4) is 0 Å². The van der Waals surface area contributed by atoms with Crippen LogP contribution in [0.2, 0.25) is 0 Å². The third-order valence-corrected chi connectivity index (χ3v) is 3.64. The molecule has 0 atom stereocenters. The van der Waals surface area contributed by atoms with Crippen molar-refractivity contribution in [1.29, 1.82) is 0 Å². The Morgan fingerprint density at radius 2 is 2.00 bits per heavy atom. The van der Waals surface area contributed by atoms with Crippen LogP contribution in [0.15, 0.2) is 17.0 Å². The van der Waals surface area contributed by atoms with Crippen molar-refractivity contribution in [2.75, 3.05) is 33.1 Å². The maximum Gasteiger partial charge on any atom is 0.233 e. The lowest BCUT2D eigenvalue weighted by Gasteiger charge is -2.20. The van der Waals surface area contributed by atoms with Gasteiger partial charge in [-0.3, -0.25) is 4.79 Å². The summed E-state index contributed by atoms with van der Waals surface area (Å²) in [5.41, 5.74) is 1.11. The van der Waals surface area contributed by atoms with Gasteiger partial charge in [0, 0.05) is 18.5 Å². The molecule has 2 rings (SSSR count). The Balaban J connectivity index is 2.08. The molecule has 0 fully saturated rings. The quantitative estimate of drug-likeness (QED) is 0.790. The number of ether oxygens (including phenoxy) is 2. The maximum atomic E-state index is 11.2. The molecule has 0 aromatic heterocycles. The van der Waals surface area contributed by atoms with Crippen LogP contribution in [0.5, 0.6) is 11.5 Å². The molecule has 1 amide bonds. The molecule has 0 aliphatic carbocycles. The number of hydrogen-bond donors (Lipinski definition) is 2. The first-order valence-corrected chi connectivity index (χ1v) is 7.35. The molecule has 5 nitrogen and oxygen atoms in total. The van der Waals surface area contributed by atoms with E-state index in [4.69, 9.17) is 9.47 Å². The predicted octanol–water partition coefficient (Wildman–Crippen LogP) is 1.02. The van der Waals surface area contributed by atoms with Crippen molar-refractivity contribution in [1.82, 2.24) is 10.6 Å². The molecule has 1 aliphatic heterocycles. The van der Waals surface area contributed by atoms with Gasteiger partial charge in [0.15, 0.2) is 11.5 Å². The summed E-state index contributed by atoms with van der Waals surface area (Å²) in [6.45, 7) is 2.10. The second-order valence-electron chi connectivity index (χ2n) is 4.08. The lowest BCUT2D eigenvalue weighted by molar-refractivity contribution is -0.119. The van der Waals surface area contributed by atoms with Gasteiger partial charge in [-0.15, -0.1) is 11.8 Å². The number of thioether (sulfide) groups is 1. The monoisotopic (exact) mass is 282 g/mol. The van der Waals surface area contributed by atoms with E-state index in [1.807, 2.05) is 18.4 Å². The van der Waals surface area contributed by atoms with E-state index in [0.29, 0.717) is 26.3 Å². The second-order valence-corrected chi connectivity index (χ2v) is 4.93. The van der Waals surface area contributed by atoms with Crippen LogP contribution in [-0.2, 0) is 11.3 Å². The van der Waals surface area contributed by atoms with Crippen molar-refractivity contribution in [3.63, 3.8) is 0 Å². The van der Waals surface area contributed by atoms with Crippen LogP contribution in [0.25, 0.3) is 0 Å². The van der Waals surface area contributed by atoms with Crippen LogP contribution in [0, 0.1) is 0 Å². The minimum atomic E-state index is -0.0248. The Hall–Kier alpha value is -1.40. The number of benzene rings is 1. The van der Waals surface area contributed by atoms with Crippen molar-refractivity contribution < 1.29 is 14.3 Å². The van der Waals surface area contributed by atoms with Crippen LogP contribution in [-0.4, -0.2) is 39.0 Å². The topological polar surface area (TPSA) is 59.6 Å². The van der Waals surface area contributed by atoms with Crippen molar-refractivity contribution >= 4 is 17.7 Å². The molecule has 1 aliphatic rings. The van der Waals surface area contributed by atoms with Crippen molar-refractivity contribution in [3.8, 4) is 11.5 Å². The molecule has 0 spiro atoms. The highest BCUT2D eigenvalue weighted by Crippen LogP contribution is 2.36. The Morgan fingerprint density at radius 3 is 2.63 bits per heavy atom. The summed E-state index contributed by atoms with van der Waals surface area (Å²) in [4.78, 5) is 12.3. The average Bonchev–Trinajstić information content (AvgIpc) is 2.46.